The number of sulfone groups is 1. The van der Waals surface area contributed by atoms with Gasteiger partial charge in [0, 0.05) is 12.1 Å². The van der Waals surface area contributed by atoms with Crippen molar-refractivity contribution in [1.82, 2.24) is 5.32 Å². The number of carbonyl (C=O) groups excluding carboxylic acids is 2. The first-order valence-corrected chi connectivity index (χ1v) is 10.7. The predicted molar refractivity (Wildman–Crippen MR) is 107 cm³/mol. The Labute approximate surface area is 185 Å². The molecular weight excluding hydrogens is 480 g/mol. The van der Waals surface area contributed by atoms with Crippen molar-refractivity contribution in [3.63, 3.8) is 0 Å². The molecule has 0 radical (unpaired) electrons. The Bertz CT molecular complexity index is 1150. The maximum atomic E-state index is 14.7. The number of alkyl halides is 3. The molecule has 0 aliphatic heterocycles. The van der Waals surface area contributed by atoms with Crippen LogP contribution in [0.4, 0.5) is 23.2 Å². The van der Waals surface area contributed by atoms with Crippen LogP contribution in [0.1, 0.15) is 24.2 Å². The summed E-state index contributed by atoms with van der Waals surface area (Å²) in [7, 11) is -4.48. The fraction of sp³-hybridized carbons (Fsp3) is 0.263. The maximum Gasteiger partial charge on any atom is 0.426 e. The smallest absolute Gasteiger partial charge is 0.373 e. The van der Waals surface area contributed by atoms with Gasteiger partial charge in [0.15, 0.2) is 5.82 Å². The Balaban J connectivity index is 2.39. The minimum Gasteiger partial charge on any atom is -0.373 e. The van der Waals surface area contributed by atoms with Crippen LogP contribution in [0.15, 0.2) is 46.2 Å². The lowest BCUT2D eigenvalue weighted by atomic mass is 10.1. The average molecular weight is 497 g/mol. The summed E-state index contributed by atoms with van der Waals surface area (Å²) in [5.74, 6) is -3.91. The van der Waals surface area contributed by atoms with E-state index >= 15 is 0 Å². The number of hydrogen-bond donors (Lipinski definition) is 3. The van der Waals surface area contributed by atoms with E-state index in [4.69, 9.17) is 11.6 Å². The van der Waals surface area contributed by atoms with Gasteiger partial charge in [-0.3, -0.25) is 9.59 Å². The van der Waals surface area contributed by atoms with Gasteiger partial charge in [0.1, 0.15) is 9.92 Å². The second-order valence-electron chi connectivity index (χ2n) is 6.65. The monoisotopic (exact) mass is 496 g/mol. The number of hydrogen-bond acceptors (Lipinski definition) is 5. The summed E-state index contributed by atoms with van der Waals surface area (Å²) < 4.78 is 78.6. The van der Waals surface area contributed by atoms with Crippen LogP contribution in [0.2, 0.25) is 5.02 Å². The van der Waals surface area contributed by atoms with E-state index in [1.807, 2.05) is 0 Å². The van der Waals surface area contributed by atoms with Crippen molar-refractivity contribution < 1.29 is 40.7 Å². The zero-order chi connectivity index (χ0) is 24.5. The summed E-state index contributed by atoms with van der Waals surface area (Å²) in [4.78, 5) is 22.3. The third-order valence-electron chi connectivity index (χ3n) is 4.34. The van der Waals surface area contributed by atoms with Crippen LogP contribution in [0.5, 0.6) is 0 Å². The van der Waals surface area contributed by atoms with E-state index in [-0.39, 0.29) is 17.4 Å². The summed E-state index contributed by atoms with van der Waals surface area (Å²) in [6.07, 6.45) is -5.33. The number of carbonyl (C=O) groups is 2. The molecule has 0 saturated heterocycles. The number of aliphatic hydroxyl groups is 1. The molecule has 3 N–H and O–H groups in total. The van der Waals surface area contributed by atoms with Crippen LogP contribution < -0.4 is 10.6 Å². The van der Waals surface area contributed by atoms with Gasteiger partial charge in [-0.1, -0.05) is 11.6 Å². The van der Waals surface area contributed by atoms with Gasteiger partial charge in [-0.2, -0.15) is 13.2 Å². The Morgan fingerprint density at radius 2 is 1.66 bits per heavy atom. The molecule has 13 heteroatoms. The molecule has 0 aliphatic carbocycles. The van der Waals surface area contributed by atoms with Crippen LogP contribution in [0.25, 0.3) is 0 Å². The molecule has 0 saturated carbocycles. The van der Waals surface area contributed by atoms with E-state index in [9.17, 15) is 40.7 Å². The van der Waals surface area contributed by atoms with Gasteiger partial charge in [-0.15, -0.1) is 0 Å². The van der Waals surface area contributed by atoms with Crippen molar-refractivity contribution in [3.8, 4) is 0 Å². The summed E-state index contributed by atoms with van der Waals surface area (Å²) >= 11 is 5.73. The van der Waals surface area contributed by atoms with Gasteiger partial charge in [-0.25, -0.2) is 12.8 Å². The third kappa shape index (κ3) is 4.87. The molecular formula is C19H17ClF4N2O5S. The highest BCUT2D eigenvalue weighted by Crippen LogP contribution is 2.35. The number of anilines is 1. The highest BCUT2D eigenvalue weighted by atomic mass is 35.5. The van der Waals surface area contributed by atoms with Crippen LogP contribution in [-0.4, -0.2) is 43.7 Å². The third-order valence-corrected chi connectivity index (χ3v) is 6.50. The number of nitrogens with one attached hydrogen (secondary N) is 2. The van der Waals surface area contributed by atoms with Crippen molar-refractivity contribution in [2.75, 3.05) is 11.9 Å². The normalized spacial score (nSPS) is 13.9. The van der Waals surface area contributed by atoms with E-state index in [1.54, 1.807) is 12.2 Å². The molecule has 0 unspecified atom stereocenters. The molecule has 2 rings (SSSR count). The van der Waals surface area contributed by atoms with Crippen molar-refractivity contribution >= 4 is 38.9 Å². The van der Waals surface area contributed by atoms with Gasteiger partial charge in [0.25, 0.3) is 11.8 Å². The summed E-state index contributed by atoms with van der Waals surface area (Å²) in [5, 5.41) is 12.5. The minimum atomic E-state index is -5.33. The fourth-order valence-corrected chi connectivity index (χ4v) is 3.99. The van der Waals surface area contributed by atoms with Crippen LogP contribution in [0.3, 0.4) is 0 Å². The van der Waals surface area contributed by atoms with Crippen molar-refractivity contribution in [2.45, 2.75) is 35.4 Å². The SMILES string of the molecule is CCNC(=O)c1ccc(S(=O)(=O)c2ccc(NC(=O)[C@@](C)(O)C(F)(F)F)c(Cl)c2F)cc1. The molecule has 0 aromatic heterocycles. The van der Waals surface area contributed by atoms with Crippen molar-refractivity contribution in [1.29, 1.82) is 0 Å². The molecule has 174 valence electrons. The van der Waals surface area contributed by atoms with Gasteiger partial charge >= 0.3 is 6.18 Å². The summed E-state index contributed by atoms with van der Waals surface area (Å²) in [5.41, 5.74) is -4.31. The second kappa shape index (κ2) is 9.04. The lowest BCUT2D eigenvalue weighted by Gasteiger charge is -2.25. The Hall–Kier alpha value is -2.70. The number of halogens is 5. The number of rotatable bonds is 6. The molecule has 0 spiro atoms. The topological polar surface area (TPSA) is 113 Å². The molecule has 0 heterocycles. The summed E-state index contributed by atoms with van der Waals surface area (Å²) in [6, 6.07) is 6.06. The highest BCUT2D eigenvalue weighted by Gasteiger charge is 2.55. The molecule has 0 fully saturated rings. The van der Waals surface area contributed by atoms with Crippen molar-refractivity contribution in [3.05, 3.63) is 52.8 Å². The minimum absolute atomic E-state index is 0.166. The van der Waals surface area contributed by atoms with E-state index < -0.39 is 54.9 Å². The maximum absolute atomic E-state index is 14.7. The molecule has 2 aromatic carbocycles. The van der Waals surface area contributed by atoms with Crippen molar-refractivity contribution in [2.24, 2.45) is 0 Å². The number of benzene rings is 2. The molecule has 0 aliphatic rings. The van der Waals surface area contributed by atoms with Crippen LogP contribution in [-0.2, 0) is 14.6 Å². The van der Waals surface area contributed by atoms with E-state index in [1.165, 1.54) is 12.1 Å². The first-order chi connectivity index (χ1) is 14.6. The van der Waals surface area contributed by atoms with E-state index in [0.29, 0.717) is 12.6 Å². The van der Waals surface area contributed by atoms with Gasteiger partial charge in [-0.05, 0) is 50.2 Å². The zero-order valence-electron chi connectivity index (χ0n) is 16.5. The second-order valence-corrected chi connectivity index (χ2v) is 8.95. The summed E-state index contributed by atoms with van der Waals surface area (Å²) in [6.45, 7) is 2.24. The molecule has 2 amide bonds. The largest absolute Gasteiger partial charge is 0.426 e. The average Bonchev–Trinajstić information content (AvgIpc) is 2.70. The Kier molecular flexibility index (Phi) is 7.22. The molecule has 0 bridgehead atoms. The van der Waals surface area contributed by atoms with Crippen LogP contribution in [0, 0.1) is 5.82 Å². The predicted octanol–water partition coefficient (Wildman–Crippen LogP) is 3.31. The molecule has 1 atom stereocenters. The quantitative estimate of drug-likeness (QED) is 0.531. The number of amides is 2. The highest BCUT2D eigenvalue weighted by molar-refractivity contribution is 7.91. The first kappa shape index (κ1) is 25.6. The van der Waals surface area contributed by atoms with Crippen LogP contribution >= 0.6 is 11.6 Å². The van der Waals surface area contributed by atoms with Gasteiger partial charge in [0.05, 0.1) is 10.6 Å². The van der Waals surface area contributed by atoms with E-state index in [0.717, 1.165) is 18.2 Å². The molecule has 32 heavy (non-hydrogen) atoms. The zero-order valence-corrected chi connectivity index (χ0v) is 18.1. The Morgan fingerprint density at radius 1 is 1.09 bits per heavy atom. The van der Waals surface area contributed by atoms with Gasteiger partial charge in [0.2, 0.25) is 15.4 Å². The fourth-order valence-electron chi connectivity index (χ4n) is 2.38. The molecule has 7 nitrogen and oxygen atoms in total. The molecule has 2 aromatic rings. The lowest BCUT2D eigenvalue weighted by Crippen LogP contribution is -2.52. The lowest BCUT2D eigenvalue weighted by molar-refractivity contribution is -0.242. The standard InChI is InChI=1S/C19H17ClF4N2O5S/c1-3-25-16(27)10-4-6-11(7-5-10)32(30,31)13-9-8-12(14(20)15(13)21)26-17(28)18(2,29)19(22,23)24/h4-9,29H,3H2,1-2H3,(H,25,27)(H,26,28)/t18-/m1/s1. The Morgan fingerprint density at radius 3 is 2.16 bits per heavy atom. The van der Waals surface area contributed by atoms with E-state index in [2.05, 4.69) is 5.32 Å². The van der Waals surface area contributed by atoms with Gasteiger partial charge < -0.3 is 15.7 Å². The first-order valence-electron chi connectivity index (χ1n) is 8.86.